The lowest BCUT2D eigenvalue weighted by molar-refractivity contribution is 0.103. The zero-order valence-electron chi connectivity index (χ0n) is 14.0. The van der Waals surface area contributed by atoms with Crippen LogP contribution in [0.15, 0.2) is 33.2 Å². The van der Waals surface area contributed by atoms with Gasteiger partial charge < -0.3 is 9.94 Å². The van der Waals surface area contributed by atoms with Gasteiger partial charge in [0.05, 0.1) is 10.6 Å². The molecule has 0 saturated carbocycles. The molecule has 1 aliphatic rings. The number of oxime groups is 1. The fourth-order valence-corrected chi connectivity index (χ4v) is 3.81. The van der Waals surface area contributed by atoms with Crippen molar-refractivity contribution in [3.63, 3.8) is 0 Å². The molecule has 9 heteroatoms. The Balaban J connectivity index is 2.23. The number of benzene rings is 1. The van der Waals surface area contributed by atoms with E-state index in [1.54, 1.807) is 6.92 Å². The number of carbonyl (C=O) groups excluding carboxylic acids is 1. The van der Waals surface area contributed by atoms with Crippen molar-refractivity contribution in [1.29, 1.82) is 0 Å². The lowest BCUT2D eigenvalue weighted by atomic mass is 9.97. The summed E-state index contributed by atoms with van der Waals surface area (Å²) >= 11 is 0. The molecule has 0 fully saturated rings. The summed E-state index contributed by atoms with van der Waals surface area (Å²) in [6, 6.07) is 2.81. The fourth-order valence-electron chi connectivity index (χ4n) is 2.85. The maximum Gasteiger partial charge on any atom is 0.277 e. The standard InChI is InChI=1S/C16H17N3O5S/c1-9-10(15(20)11-8-17-19(2)16(11)21)4-5-13(25(3,22)23)14(9)12-6-7-24-18-12/h4-5,8,17H,6-7H2,1-3H3/i11+2. The van der Waals surface area contributed by atoms with Crippen LogP contribution in [0.3, 0.4) is 0 Å². The number of sulfone groups is 1. The number of carbonyl (C=O) groups is 1. The minimum absolute atomic E-state index is 0.00623. The predicted molar refractivity (Wildman–Crippen MR) is 90.9 cm³/mol. The van der Waals surface area contributed by atoms with Crippen LogP contribution in [-0.2, 0) is 21.7 Å². The van der Waals surface area contributed by atoms with E-state index in [2.05, 4.69) is 10.3 Å². The zero-order valence-corrected chi connectivity index (χ0v) is 14.8. The first-order chi connectivity index (χ1) is 11.7. The minimum Gasteiger partial charge on any atom is -0.395 e. The molecule has 0 radical (unpaired) electrons. The summed E-state index contributed by atoms with van der Waals surface area (Å²) in [5, 5.41) is 6.56. The lowest BCUT2D eigenvalue weighted by Gasteiger charge is -2.13. The molecular weight excluding hydrogens is 348 g/mol. The minimum atomic E-state index is -3.52. The Labute approximate surface area is 144 Å². The van der Waals surface area contributed by atoms with E-state index >= 15 is 0 Å². The van der Waals surface area contributed by atoms with Crippen LogP contribution >= 0.6 is 0 Å². The summed E-state index contributed by atoms with van der Waals surface area (Å²) in [6.45, 7) is 2.00. The maximum atomic E-state index is 12.8. The van der Waals surface area contributed by atoms with Gasteiger partial charge in [0.25, 0.3) is 5.56 Å². The van der Waals surface area contributed by atoms with Crippen LogP contribution in [0.4, 0.5) is 0 Å². The predicted octanol–water partition coefficient (Wildman–Crippen LogP) is 0.781. The first-order valence-corrected chi connectivity index (χ1v) is 9.43. The number of aromatic nitrogens is 2. The molecule has 2 aromatic rings. The molecule has 0 saturated heterocycles. The first kappa shape index (κ1) is 17.2. The van der Waals surface area contributed by atoms with Crippen LogP contribution in [-0.4, -0.2) is 42.6 Å². The van der Waals surface area contributed by atoms with Crippen molar-refractivity contribution in [3.05, 3.63) is 50.9 Å². The summed E-state index contributed by atoms with van der Waals surface area (Å²) in [5.41, 5.74) is 1.12. The van der Waals surface area contributed by atoms with Crippen molar-refractivity contribution in [2.24, 2.45) is 12.2 Å². The average molecular weight is 365 g/mol. The monoisotopic (exact) mass is 365 g/mol. The highest BCUT2D eigenvalue weighted by Gasteiger charge is 2.27. The molecule has 3 rings (SSSR count). The van der Waals surface area contributed by atoms with Gasteiger partial charge in [0.1, 0.15) is 12.2 Å². The molecule has 0 amide bonds. The van der Waals surface area contributed by atoms with Gasteiger partial charge in [-0.1, -0.05) is 5.16 Å². The van der Waals surface area contributed by atoms with E-state index in [0.29, 0.717) is 29.9 Å². The molecule has 1 aromatic heterocycles. The molecule has 1 aromatic carbocycles. The van der Waals surface area contributed by atoms with E-state index in [1.165, 1.54) is 30.1 Å². The quantitative estimate of drug-likeness (QED) is 0.805. The molecule has 25 heavy (non-hydrogen) atoms. The number of aryl methyl sites for hydroxylation is 1. The van der Waals surface area contributed by atoms with Crippen molar-refractivity contribution >= 4 is 21.3 Å². The van der Waals surface area contributed by atoms with E-state index in [9.17, 15) is 18.0 Å². The molecule has 8 nitrogen and oxygen atoms in total. The summed E-state index contributed by atoms with van der Waals surface area (Å²) in [6.07, 6.45) is 2.89. The van der Waals surface area contributed by atoms with E-state index in [-0.39, 0.29) is 16.0 Å². The number of rotatable bonds is 4. The largest absolute Gasteiger partial charge is 0.395 e. The Bertz CT molecular complexity index is 1060. The maximum absolute atomic E-state index is 12.8. The Hall–Kier alpha value is -2.68. The molecular formula is C16H17N3O5S. The van der Waals surface area contributed by atoms with Gasteiger partial charge in [-0.05, 0) is 24.6 Å². The highest BCUT2D eigenvalue weighted by molar-refractivity contribution is 7.90. The van der Waals surface area contributed by atoms with Gasteiger partial charge in [-0.15, -0.1) is 0 Å². The van der Waals surface area contributed by atoms with Crippen LogP contribution in [0, 0.1) is 6.92 Å². The summed E-state index contributed by atoms with van der Waals surface area (Å²) in [7, 11) is -2.02. The van der Waals surface area contributed by atoms with Crippen molar-refractivity contribution in [3.8, 4) is 0 Å². The smallest absolute Gasteiger partial charge is 0.277 e. The molecule has 1 aliphatic heterocycles. The van der Waals surface area contributed by atoms with Gasteiger partial charge in [0.2, 0.25) is 0 Å². The van der Waals surface area contributed by atoms with Gasteiger partial charge in [-0.3, -0.25) is 14.3 Å². The number of hydrogen-bond donors (Lipinski definition) is 1. The fraction of sp³-hybridized carbons (Fsp3) is 0.312. The van der Waals surface area contributed by atoms with E-state index < -0.39 is 21.2 Å². The SMILES string of the molecule is Cc1c(C(=O)[14c]2c[nH]n(C)c2=O)ccc(S(C)(=O)=O)c1C1=NOCC1. The number of nitrogens with one attached hydrogen (secondary N) is 1. The normalized spacial score (nSPS) is 14.3. The van der Waals surface area contributed by atoms with Crippen molar-refractivity contribution < 1.29 is 18.0 Å². The van der Waals surface area contributed by atoms with Gasteiger partial charge >= 0.3 is 0 Å². The molecule has 132 valence electrons. The number of nitrogens with zero attached hydrogens (tertiary/aromatic N) is 2. The second-order valence-electron chi connectivity index (χ2n) is 5.89. The molecule has 0 bridgehead atoms. The number of H-pyrrole nitrogens is 1. The highest BCUT2D eigenvalue weighted by Crippen LogP contribution is 2.27. The van der Waals surface area contributed by atoms with Gasteiger partial charge in [-0.2, -0.15) is 0 Å². The molecule has 2 heterocycles. The topological polar surface area (TPSA) is 111 Å². The van der Waals surface area contributed by atoms with Crippen LogP contribution in [0.5, 0.6) is 0 Å². The van der Waals surface area contributed by atoms with Gasteiger partial charge in [0, 0.05) is 37.0 Å². The zero-order chi connectivity index (χ0) is 18.4. The van der Waals surface area contributed by atoms with Crippen LogP contribution < -0.4 is 5.56 Å². The van der Waals surface area contributed by atoms with Crippen molar-refractivity contribution in [1.82, 2.24) is 9.78 Å². The molecule has 1 N–H and O–H groups in total. The lowest BCUT2D eigenvalue weighted by Crippen LogP contribution is -2.21. The van der Waals surface area contributed by atoms with Crippen LogP contribution in [0.2, 0.25) is 0 Å². The van der Waals surface area contributed by atoms with E-state index in [0.717, 1.165) is 6.26 Å². The van der Waals surface area contributed by atoms with Gasteiger partial charge in [0.15, 0.2) is 15.6 Å². The van der Waals surface area contributed by atoms with Crippen LogP contribution in [0.1, 0.15) is 33.5 Å². The summed E-state index contributed by atoms with van der Waals surface area (Å²) in [4.78, 5) is 29.9. The first-order valence-electron chi connectivity index (χ1n) is 7.53. The van der Waals surface area contributed by atoms with Gasteiger partial charge in [-0.25, -0.2) is 8.42 Å². The Morgan fingerprint density at radius 3 is 2.64 bits per heavy atom. The Morgan fingerprint density at radius 2 is 2.12 bits per heavy atom. The second kappa shape index (κ2) is 5.99. The third kappa shape index (κ3) is 2.91. The Morgan fingerprint density at radius 1 is 1.40 bits per heavy atom. The van der Waals surface area contributed by atoms with E-state index in [1.807, 2.05) is 0 Å². The second-order valence-corrected chi connectivity index (χ2v) is 7.87. The Kier molecular flexibility index (Phi) is 4.11. The third-order valence-electron chi connectivity index (χ3n) is 4.15. The van der Waals surface area contributed by atoms with Crippen LogP contribution in [0.25, 0.3) is 0 Å². The average Bonchev–Trinajstić information content (AvgIpc) is 3.17. The van der Waals surface area contributed by atoms with E-state index in [4.69, 9.17) is 4.84 Å². The van der Waals surface area contributed by atoms with Crippen molar-refractivity contribution in [2.45, 2.75) is 18.2 Å². The molecule has 0 aliphatic carbocycles. The number of ketones is 1. The number of hydrogen-bond acceptors (Lipinski definition) is 6. The molecule has 0 unspecified atom stereocenters. The van der Waals surface area contributed by atoms with Crippen molar-refractivity contribution in [2.75, 3.05) is 12.9 Å². The number of aromatic amines is 1. The molecule has 0 spiro atoms. The summed E-state index contributed by atoms with van der Waals surface area (Å²) < 4.78 is 25.5. The molecule has 0 atom stereocenters. The summed E-state index contributed by atoms with van der Waals surface area (Å²) in [5.74, 6) is -0.472. The highest BCUT2D eigenvalue weighted by atomic mass is 32.2. The third-order valence-corrected chi connectivity index (χ3v) is 5.29.